The molecule has 1 rings (SSSR count). The highest BCUT2D eigenvalue weighted by Gasteiger charge is 2.13. The Bertz CT molecular complexity index is 764. The van der Waals surface area contributed by atoms with Crippen LogP contribution in [0.4, 0.5) is 0 Å². The maximum absolute atomic E-state index is 12.1. The molecule has 42 heavy (non-hydrogen) atoms. The molecule has 0 saturated heterocycles. The SMILES string of the molecule is CCCCCCCCCCCCCCCCCCCCCC[N+](C)(C)CCCNC(=O)C=Cc1ccc(OC)cc1.[Cl-]. The Morgan fingerprint density at radius 1 is 0.667 bits per heavy atom. The van der Waals surface area contributed by atoms with Crippen LogP contribution < -0.4 is 22.5 Å². The van der Waals surface area contributed by atoms with Crippen molar-refractivity contribution in [2.75, 3.05) is 40.8 Å². The van der Waals surface area contributed by atoms with E-state index in [2.05, 4.69) is 26.3 Å². The van der Waals surface area contributed by atoms with E-state index in [1.165, 1.54) is 135 Å². The minimum atomic E-state index is -0.0276. The van der Waals surface area contributed by atoms with Gasteiger partial charge in [-0.25, -0.2) is 0 Å². The van der Waals surface area contributed by atoms with Crippen LogP contribution in [0.25, 0.3) is 6.08 Å². The summed E-state index contributed by atoms with van der Waals surface area (Å²) in [5.74, 6) is 0.794. The topological polar surface area (TPSA) is 38.3 Å². The van der Waals surface area contributed by atoms with Crippen molar-refractivity contribution in [3.8, 4) is 5.75 Å². The van der Waals surface area contributed by atoms with Crippen molar-refractivity contribution in [2.24, 2.45) is 0 Å². The number of ether oxygens (including phenoxy) is 1. The van der Waals surface area contributed by atoms with Gasteiger partial charge in [0.05, 0.1) is 34.3 Å². The van der Waals surface area contributed by atoms with Crippen molar-refractivity contribution in [3.63, 3.8) is 0 Å². The van der Waals surface area contributed by atoms with Crippen LogP contribution in [-0.2, 0) is 4.79 Å². The molecule has 0 spiro atoms. The van der Waals surface area contributed by atoms with Gasteiger partial charge in [-0.05, 0) is 36.6 Å². The predicted molar refractivity (Wildman–Crippen MR) is 180 cm³/mol. The summed E-state index contributed by atoms with van der Waals surface area (Å²) in [7, 11) is 6.29. The molecular formula is C37H67ClN2O2. The number of quaternary nitrogens is 1. The maximum Gasteiger partial charge on any atom is 0.244 e. The van der Waals surface area contributed by atoms with E-state index < -0.39 is 0 Å². The van der Waals surface area contributed by atoms with Crippen LogP contribution in [0.3, 0.4) is 0 Å². The average Bonchev–Trinajstić information content (AvgIpc) is 2.97. The highest BCUT2D eigenvalue weighted by molar-refractivity contribution is 5.91. The number of nitrogens with one attached hydrogen (secondary N) is 1. The van der Waals surface area contributed by atoms with E-state index in [1.807, 2.05) is 30.3 Å². The zero-order chi connectivity index (χ0) is 29.9. The normalized spacial score (nSPS) is 11.5. The first-order chi connectivity index (χ1) is 20.0. The van der Waals surface area contributed by atoms with E-state index in [1.54, 1.807) is 13.2 Å². The third-order valence-corrected chi connectivity index (χ3v) is 8.40. The van der Waals surface area contributed by atoms with Crippen LogP contribution in [0.15, 0.2) is 30.3 Å². The molecule has 0 saturated carbocycles. The van der Waals surface area contributed by atoms with Gasteiger partial charge in [0.2, 0.25) is 5.91 Å². The average molecular weight is 607 g/mol. The molecule has 0 aliphatic carbocycles. The van der Waals surface area contributed by atoms with E-state index >= 15 is 0 Å². The van der Waals surface area contributed by atoms with Crippen molar-refractivity contribution in [1.82, 2.24) is 5.32 Å². The highest BCUT2D eigenvalue weighted by atomic mass is 35.5. The molecule has 4 nitrogen and oxygen atoms in total. The summed E-state index contributed by atoms with van der Waals surface area (Å²) in [6, 6.07) is 7.70. The Morgan fingerprint density at radius 2 is 1.07 bits per heavy atom. The standard InChI is InChI=1S/C37H66N2O2.ClH/c1-5-6-7-8-9-10-11-12-13-14-15-16-17-18-19-20-21-22-23-24-33-39(2,3)34-25-32-38-37(40)31-28-35-26-29-36(41-4)30-27-35;/h26-31H,5-25,32-34H2,1-4H3;1H. The molecule has 1 amide bonds. The third-order valence-electron chi connectivity index (χ3n) is 8.40. The lowest BCUT2D eigenvalue weighted by molar-refractivity contribution is -0.890. The van der Waals surface area contributed by atoms with Gasteiger partial charge in [0, 0.05) is 19.0 Å². The molecule has 0 aliphatic heterocycles. The molecule has 5 heteroatoms. The molecule has 0 fully saturated rings. The molecule has 0 aromatic heterocycles. The summed E-state index contributed by atoms with van der Waals surface area (Å²) in [5, 5.41) is 3.02. The summed E-state index contributed by atoms with van der Waals surface area (Å²) in [5.41, 5.74) is 0.994. The fourth-order valence-electron chi connectivity index (χ4n) is 5.57. The number of methoxy groups -OCH3 is 1. The van der Waals surface area contributed by atoms with Crippen LogP contribution in [-0.4, -0.2) is 51.2 Å². The molecular weight excluding hydrogens is 540 g/mol. The fraction of sp³-hybridized carbons (Fsp3) is 0.757. The molecule has 0 radical (unpaired) electrons. The first kappa shape index (κ1) is 40.5. The fourth-order valence-corrected chi connectivity index (χ4v) is 5.57. The number of unbranched alkanes of at least 4 members (excludes halogenated alkanes) is 19. The lowest BCUT2D eigenvalue weighted by Gasteiger charge is -2.30. The van der Waals surface area contributed by atoms with Crippen molar-refractivity contribution < 1.29 is 26.4 Å². The van der Waals surface area contributed by atoms with Crippen LogP contribution in [0.2, 0.25) is 0 Å². The van der Waals surface area contributed by atoms with Gasteiger partial charge in [-0.3, -0.25) is 4.79 Å². The second kappa shape index (κ2) is 28.3. The van der Waals surface area contributed by atoms with Crippen molar-refractivity contribution in [2.45, 2.75) is 142 Å². The van der Waals surface area contributed by atoms with Gasteiger partial charge in [-0.15, -0.1) is 0 Å². The molecule has 0 bridgehead atoms. The van der Waals surface area contributed by atoms with Gasteiger partial charge in [0.1, 0.15) is 5.75 Å². The number of carbonyl (C=O) groups is 1. The highest BCUT2D eigenvalue weighted by Crippen LogP contribution is 2.15. The Morgan fingerprint density at radius 3 is 1.50 bits per heavy atom. The predicted octanol–water partition coefficient (Wildman–Crippen LogP) is 7.12. The first-order valence-corrected chi connectivity index (χ1v) is 17.4. The number of halogens is 1. The van der Waals surface area contributed by atoms with Gasteiger partial charge in [0.15, 0.2) is 0 Å². The number of rotatable bonds is 28. The van der Waals surface area contributed by atoms with E-state index in [0.717, 1.165) is 35.3 Å². The van der Waals surface area contributed by atoms with E-state index in [-0.39, 0.29) is 18.3 Å². The summed E-state index contributed by atoms with van der Waals surface area (Å²) in [4.78, 5) is 12.1. The van der Waals surface area contributed by atoms with E-state index in [0.29, 0.717) is 0 Å². The van der Waals surface area contributed by atoms with Crippen LogP contribution in [0.1, 0.15) is 147 Å². The quantitative estimate of drug-likeness (QED) is 0.0627. The Hall–Kier alpha value is -1.52. The summed E-state index contributed by atoms with van der Waals surface area (Å²) in [6.07, 6.45) is 33.0. The molecule has 1 aromatic carbocycles. The summed E-state index contributed by atoms with van der Waals surface area (Å²) in [6.45, 7) is 5.35. The number of carbonyl (C=O) groups excluding carboxylic acids is 1. The van der Waals surface area contributed by atoms with Crippen LogP contribution in [0, 0.1) is 0 Å². The van der Waals surface area contributed by atoms with Gasteiger partial charge in [-0.2, -0.15) is 0 Å². The number of hydrogen-bond donors (Lipinski definition) is 1. The molecule has 0 unspecified atom stereocenters. The number of nitrogens with zero attached hydrogens (tertiary/aromatic N) is 1. The zero-order valence-electron chi connectivity index (χ0n) is 28.1. The second-order valence-electron chi connectivity index (χ2n) is 12.9. The van der Waals surface area contributed by atoms with Gasteiger partial charge >= 0.3 is 0 Å². The van der Waals surface area contributed by atoms with Crippen LogP contribution >= 0.6 is 0 Å². The van der Waals surface area contributed by atoms with Crippen molar-refractivity contribution in [1.29, 1.82) is 0 Å². The molecule has 1 N–H and O–H groups in total. The Kier molecular flexibility index (Phi) is 27.2. The van der Waals surface area contributed by atoms with E-state index in [9.17, 15) is 4.79 Å². The molecule has 1 aromatic rings. The van der Waals surface area contributed by atoms with Gasteiger partial charge in [-0.1, -0.05) is 135 Å². The maximum atomic E-state index is 12.1. The molecule has 0 atom stereocenters. The summed E-state index contributed by atoms with van der Waals surface area (Å²) < 4.78 is 6.20. The molecule has 244 valence electrons. The Labute approximate surface area is 267 Å². The van der Waals surface area contributed by atoms with Gasteiger partial charge < -0.3 is 26.9 Å². The summed E-state index contributed by atoms with van der Waals surface area (Å²) >= 11 is 0. The first-order valence-electron chi connectivity index (χ1n) is 17.4. The smallest absolute Gasteiger partial charge is 0.244 e. The minimum absolute atomic E-state index is 0. The monoisotopic (exact) mass is 606 g/mol. The van der Waals surface area contributed by atoms with Crippen LogP contribution in [0.5, 0.6) is 5.75 Å². The Balaban J connectivity index is 0.0000168. The minimum Gasteiger partial charge on any atom is -1.00 e. The molecule has 0 aliphatic rings. The van der Waals surface area contributed by atoms with Gasteiger partial charge in [0.25, 0.3) is 0 Å². The number of benzene rings is 1. The lowest BCUT2D eigenvalue weighted by Crippen LogP contribution is -3.00. The zero-order valence-corrected chi connectivity index (χ0v) is 28.8. The third kappa shape index (κ3) is 25.0. The van der Waals surface area contributed by atoms with E-state index in [4.69, 9.17) is 4.74 Å². The van der Waals surface area contributed by atoms with Crippen molar-refractivity contribution >= 4 is 12.0 Å². The molecule has 0 heterocycles. The van der Waals surface area contributed by atoms with Crippen molar-refractivity contribution in [3.05, 3.63) is 35.9 Å². The second-order valence-corrected chi connectivity index (χ2v) is 12.9. The largest absolute Gasteiger partial charge is 1.00 e. The number of hydrogen-bond acceptors (Lipinski definition) is 2. The lowest BCUT2D eigenvalue weighted by atomic mass is 10.0. The number of amides is 1.